The number of carboxylic acid groups (broad SMARTS) is 1. The quantitative estimate of drug-likeness (QED) is 0.207. The fourth-order valence-electron chi connectivity index (χ4n) is 9.36. The van der Waals surface area contributed by atoms with E-state index in [2.05, 4.69) is 40.7 Å². The highest BCUT2D eigenvalue weighted by Gasteiger charge is 2.59. The predicted octanol–water partition coefficient (Wildman–Crippen LogP) is 8.62. The summed E-state index contributed by atoms with van der Waals surface area (Å²) < 4.78 is 6.29. The van der Waals surface area contributed by atoms with Crippen LogP contribution in [0.5, 0.6) is 0 Å². The highest BCUT2D eigenvalue weighted by atomic mass is 32.2. The second kappa shape index (κ2) is 12.1. The van der Waals surface area contributed by atoms with Crippen LogP contribution in [0.15, 0.2) is 11.6 Å². The van der Waals surface area contributed by atoms with Gasteiger partial charge in [0.05, 0.1) is 11.9 Å². The first-order valence-electron chi connectivity index (χ1n) is 15.3. The normalized spacial score (nSPS) is 38.7. The summed E-state index contributed by atoms with van der Waals surface area (Å²) in [5.74, 6) is 5.72. The number of rotatable bonds is 12. The van der Waals surface area contributed by atoms with Crippen LogP contribution in [0.25, 0.3) is 0 Å². The molecule has 8 atom stereocenters. The lowest BCUT2D eigenvalue weighted by molar-refractivity contribution is -0.133. The van der Waals surface area contributed by atoms with Crippen LogP contribution >= 0.6 is 11.8 Å². The summed E-state index contributed by atoms with van der Waals surface area (Å²) in [6.07, 6.45) is 19.0. The molecule has 0 saturated heterocycles. The molecule has 0 bridgehead atoms. The summed E-state index contributed by atoms with van der Waals surface area (Å²) in [7, 11) is 0. The minimum Gasteiger partial charge on any atom is -0.481 e. The van der Waals surface area contributed by atoms with Crippen molar-refractivity contribution in [2.75, 3.05) is 18.1 Å². The van der Waals surface area contributed by atoms with Gasteiger partial charge in [-0.05, 0) is 110 Å². The Hall–Kier alpha value is -0.480. The molecule has 4 heteroatoms. The van der Waals surface area contributed by atoms with E-state index in [4.69, 9.17) is 9.84 Å². The molecular formula is C32H54O3S. The van der Waals surface area contributed by atoms with E-state index in [1.807, 2.05) is 0 Å². The first-order chi connectivity index (χ1) is 17.1. The van der Waals surface area contributed by atoms with Crippen LogP contribution in [0.4, 0.5) is 0 Å². The molecule has 0 aliphatic heterocycles. The molecular weight excluding hydrogens is 464 g/mol. The van der Waals surface area contributed by atoms with Crippen LogP contribution in [0.3, 0.4) is 0 Å². The first kappa shape index (κ1) is 28.5. The summed E-state index contributed by atoms with van der Waals surface area (Å²) in [5.41, 5.74) is 2.67. The third-order valence-electron chi connectivity index (χ3n) is 11.3. The highest BCUT2D eigenvalue weighted by Crippen LogP contribution is 2.67. The zero-order valence-corrected chi connectivity index (χ0v) is 24.7. The second-order valence-electron chi connectivity index (χ2n) is 13.8. The Bertz CT molecular complexity index is 777. The van der Waals surface area contributed by atoms with Crippen molar-refractivity contribution in [3.05, 3.63) is 11.6 Å². The van der Waals surface area contributed by atoms with Crippen LogP contribution in [0, 0.1) is 46.3 Å². The van der Waals surface area contributed by atoms with Crippen LogP contribution in [0.2, 0.25) is 0 Å². The zero-order chi connectivity index (χ0) is 25.9. The van der Waals surface area contributed by atoms with Gasteiger partial charge in [-0.2, -0.15) is 11.8 Å². The number of carbonyl (C=O) groups is 1. The van der Waals surface area contributed by atoms with Crippen molar-refractivity contribution in [2.24, 2.45) is 46.3 Å². The first-order valence-corrected chi connectivity index (χ1v) is 16.4. The molecule has 0 aromatic carbocycles. The van der Waals surface area contributed by atoms with E-state index >= 15 is 0 Å². The molecule has 206 valence electrons. The molecule has 4 aliphatic rings. The molecule has 1 N–H and O–H groups in total. The lowest BCUT2D eigenvalue weighted by Gasteiger charge is -2.58. The minimum atomic E-state index is -0.720. The highest BCUT2D eigenvalue weighted by molar-refractivity contribution is 7.99. The van der Waals surface area contributed by atoms with E-state index in [1.54, 1.807) is 5.57 Å². The van der Waals surface area contributed by atoms with Crippen molar-refractivity contribution in [3.63, 3.8) is 0 Å². The second-order valence-corrected chi connectivity index (χ2v) is 14.9. The summed E-state index contributed by atoms with van der Waals surface area (Å²) in [6.45, 7) is 13.4. The van der Waals surface area contributed by atoms with Gasteiger partial charge in [0.25, 0.3) is 0 Å². The van der Waals surface area contributed by atoms with E-state index in [0.29, 0.717) is 16.9 Å². The fourth-order valence-corrected chi connectivity index (χ4v) is 10.0. The largest absolute Gasteiger partial charge is 0.481 e. The summed E-state index contributed by atoms with van der Waals surface area (Å²) >= 11 is 1.50. The van der Waals surface area contributed by atoms with Crippen molar-refractivity contribution in [1.29, 1.82) is 0 Å². The van der Waals surface area contributed by atoms with E-state index < -0.39 is 5.97 Å². The number of carboxylic acids is 1. The van der Waals surface area contributed by atoms with Gasteiger partial charge >= 0.3 is 5.97 Å². The number of allylic oxidation sites excluding steroid dienone is 1. The van der Waals surface area contributed by atoms with Crippen molar-refractivity contribution < 1.29 is 14.6 Å². The summed E-state index contributed by atoms with van der Waals surface area (Å²) in [4.78, 5) is 10.7. The monoisotopic (exact) mass is 518 g/mol. The maximum absolute atomic E-state index is 10.7. The minimum absolute atomic E-state index is 0.203. The third-order valence-corrected chi connectivity index (χ3v) is 12.3. The van der Waals surface area contributed by atoms with Gasteiger partial charge in [-0.15, -0.1) is 0 Å². The topological polar surface area (TPSA) is 46.5 Å². The summed E-state index contributed by atoms with van der Waals surface area (Å²) in [6, 6.07) is 0. The average Bonchev–Trinajstić information content (AvgIpc) is 3.18. The molecule has 0 aromatic heterocycles. The van der Waals surface area contributed by atoms with Gasteiger partial charge in [0.2, 0.25) is 0 Å². The van der Waals surface area contributed by atoms with Crippen molar-refractivity contribution in [2.45, 2.75) is 118 Å². The molecule has 0 radical (unpaired) electrons. The lowest BCUT2D eigenvalue weighted by Crippen LogP contribution is -2.51. The standard InChI is InChI=1S/C32H54O3S/c1-22(2)8-6-9-23(3)27-12-13-28-26-11-10-24-20-25(35-18-7-19-36-21-30(33)34)14-16-31(24,4)29(26)15-17-32(27,28)5/h10,22-23,25-29H,6-9,11-21H2,1-5H3,(H,33,34). The number of hydrogen-bond acceptors (Lipinski definition) is 3. The van der Waals surface area contributed by atoms with Crippen LogP contribution in [0.1, 0.15) is 112 Å². The van der Waals surface area contributed by atoms with Crippen molar-refractivity contribution >= 4 is 17.7 Å². The van der Waals surface area contributed by atoms with Gasteiger partial charge < -0.3 is 9.84 Å². The van der Waals surface area contributed by atoms with Crippen molar-refractivity contribution in [1.82, 2.24) is 0 Å². The summed E-state index contributed by atoms with van der Waals surface area (Å²) in [5, 5.41) is 8.78. The zero-order valence-electron chi connectivity index (χ0n) is 23.9. The molecule has 4 rings (SSSR count). The Balaban J connectivity index is 1.33. The molecule has 0 aromatic rings. The van der Waals surface area contributed by atoms with E-state index in [9.17, 15) is 4.79 Å². The van der Waals surface area contributed by atoms with Crippen LogP contribution < -0.4 is 0 Å². The van der Waals surface area contributed by atoms with Crippen LogP contribution in [-0.4, -0.2) is 35.3 Å². The Kier molecular flexibility index (Phi) is 9.62. The van der Waals surface area contributed by atoms with Gasteiger partial charge in [-0.3, -0.25) is 4.79 Å². The smallest absolute Gasteiger partial charge is 0.313 e. The van der Waals surface area contributed by atoms with E-state index in [1.165, 1.54) is 76.0 Å². The predicted molar refractivity (Wildman–Crippen MR) is 152 cm³/mol. The van der Waals surface area contributed by atoms with Gasteiger partial charge in [-0.25, -0.2) is 0 Å². The molecule has 36 heavy (non-hydrogen) atoms. The van der Waals surface area contributed by atoms with Gasteiger partial charge in [0.1, 0.15) is 0 Å². The molecule has 0 heterocycles. The Morgan fingerprint density at radius 3 is 2.64 bits per heavy atom. The Morgan fingerprint density at radius 1 is 1.08 bits per heavy atom. The number of fused-ring (bicyclic) bond motifs is 5. The molecule has 8 unspecified atom stereocenters. The molecule has 3 nitrogen and oxygen atoms in total. The molecule has 3 saturated carbocycles. The SMILES string of the molecule is CC(C)CCCC(C)C1CCC2C3CC=C4CC(OCCCSCC(=O)O)CCC4(C)C3CCC12C. The average molecular weight is 519 g/mol. The third kappa shape index (κ3) is 6.05. The molecule has 4 aliphatic carbocycles. The molecule has 0 amide bonds. The van der Waals surface area contributed by atoms with Gasteiger partial charge in [0.15, 0.2) is 0 Å². The molecule has 3 fully saturated rings. The Morgan fingerprint density at radius 2 is 1.89 bits per heavy atom. The molecule has 0 spiro atoms. The van der Waals surface area contributed by atoms with Gasteiger partial charge in [0, 0.05) is 6.61 Å². The van der Waals surface area contributed by atoms with Gasteiger partial charge in [-0.1, -0.05) is 65.5 Å². The lowest BCUT2D eigenvalue weighted by atomic mass is 9.47. The fraction of sp³-hybridized carbons (Fsp3) is 0.906. The van der Waals surface area contributed by atoms with E-state index in [-0.39, 0.29) is 5.75 Å². The Labute approximate surface area is 226 Å². The van der Waals surface area contributed by atoms with E-state index in [0.717, 1.165) is 60.7 Å². The van der Waals surface area contributed by atoms with Crippen molar-refractivity contribution in [3.8, 4) is 0 Å². The maximum Gasteiger partial charge on any atom is 0.313 e. The number of thioether (sulfide) groups is 1. The number of aliphatic carboxylic acids is 1. The number of ether oxygens (including phenoxy) is 1. The maximum atomic E-state index is 10.7. The van der Waals surface area contributed by atoms with Crippen LogP contribution in [-0.2, 0) is 9.53 Å². The number of hydrogen-bond donors (Lipinski definition) is 1.